The van der Waals surface area contributed by atoms with Crippen molar-refractivity contribution in [2.75, 3.05) is 7.11 Å². The lowest BCUT2D eigenvalue weighted by molar-refractivity contribution is -0.122. The van der Waals surface area contributed by atoms with Gasteiger partial charge in [-0.2, -0.15) is 0 Å². The molecule has 0 spiro atoms. The number of ether oxygens (including phenoxy) is 1. The maximum Gasteiger partial charge on any atom is 0.220 e. The van der Waals surface area contributed by atoms with Crippen LogP contribution in [-0.2, 0) is 17.6 Å². The second-order valence-corrected chi connectivity index (χ2v) is 3.98. The molecule has 1 aliphatic rings. The van der Waals surface area contributed by atoms with Gasteiger partial charge in [0.25, 0.3) is 0 Å². The Labute approximate surface area is 89.2 Å². The van der Waals surface area contributed by atoms with E-state index in [-0.39, 0.29) is 11.8 Å². The molecule has 2 N–H and O–H groups in total. The fourth-order valence-corrected chi connectivity index (χ4v) is 2.10. The first kappa shape index (κ1) is 10.0. The molecule has 0 aromatic heterocycles. The number of amides is 1. The topological polar surface area (TPSA) is 52.3 Å². The zero-order chi connectivity index (χ0) is 10.8. The predicted octanol–water partition coefficient (Wildman–Crippen LogP) is 1.29. The second kappa shape index (κ2) is 3.93. The van der Waals surface area contributed by atoms with E-state index < -0.39 is 0 Å². The van der Waals surface area contributed by atoms with Gasteiger partial charge in [0.1, 0.15) is 5.75 Å². The highest BCUT2D eigenvalue weighted by atomic mass is 16.5. The number of aryl methyl sites for hydroxylation is 1. The molecule has 1 amide bonds. The van der Waals surface area contributed by atoms with Gasteiger partial charge in [-0.15, -0.1) is 0 Å². The Kier molecular flexibility index (Phi) is 2.62. The van der Waals surface area contributed by atoms with Crippen LogP contribution < -0.4 is 10.5 Å². The van der Waals surface area contributed by atoms with Crippen LogP contribution in [-0.4, -0.2) is 13.0 Å². The lowest BCUT2D eigenvalue weighted by Crippen LogP contribution is -2.28. The third-order valence-corrected chi connectivity index (χ3v) is 3.04. The first-order valence-corrected chi connectivity index (χ1v) is 5.16. The van der Waals surface area contributed by atoms with E-state index in [1.807, 2.05) is 12.1 Å². The average Bonchev–Trinajstić information content (AvgIpc) is 2.27. The summed E-state index contributed by atoms with van der Waals surface area (Å²) >= 11 is 0. The van der Waals surface area contributed by atoms with Gasteiger partial charge in [-0.3, -0.25) is 4.79 Å². The normalized spacial score (nSPS) is 19.4. The van der Waals surface area contributed by atoms with Gasteiger partial charge in [-0.1, -0.05) is 6.07 Å². The minimum atomic E-state index is -0.191. The van der Waals surface area contributed by atoms with Crippen molar-refractivity contribution >= 4 is 5.91 Å². The van der Waals surface area contributed by atoms with Gasteiger partial charge < -0.3 is 10.5 Å². The van der Waals surface area contributed by atoms with Crippen molar-refractivity contribution in [2.45, 2.75) is 19.3 Å². The lowest BCUT2D eigenvalue weighted by Gasteiger charge is -2.22. The monoisotopic (exact) mass is 205 g/mol. The molecule has 0 radical (unpaired) electrons. The fraction of sp³-hybridized carbons (Fsp3) is 0.417. The molecular weight excluding hydrogens is 190 g/mol. The summed E-state index contributed by atoms with van der Waals surface area (Å²) in [7, 11) is 1.65. The Bertz CT molecular complexity index is 387. The SMILES string of the molecule is COc1ccc2c(c1)C[C@H](C(N)=O)CC2. The van der Waals surface area contributed by atoms with Gasteiger partial charge in [0.2, 0.25) is 5.91 Å². The Balaban J connectivity index is 2.27. The first-order chi connectivity index (χ1) is 7.20. The van der Waals surface area contributed by atoms with Crippen LogP contribution in [0.25, 0.3) is 0 Å². The molecule has 1 aromatic carbocycles. The molecule has 80 valence electrons. The van der Waals surface area contributed by atoms with Crippen LogP contribution in [0.1, 0.15) is 17.5 Å². The van der Waals surface area contributed by atoms with Gasteiger partial charge in [0, 0.05) is 5.92 Å². The van der Waals surface area contributed by atoms with Gasteiger partial charge in [0.15, 0.2) is 0 Å². The largest absolute Gasteiger partial charge is 0.497 e. The molecule has 0 aliphatic heterocycles. The Morgan fingerprint density at radius 1 is 1.47 bits per heavy atom. The number of carbonyl (C=O) groups is 1. The van der Waals surface area contributed by atoms with Crippen molar-refractivity contribution < 1.29 is 9.53 Å². The second-order valence-electron chi connectivity index (χ2n) is 3.98. The molecule has 3 heteroatoms. The number of nitrogens with two attached hydrogens (primary N) is 1. The zero-order valence-electron chi connectivity index (χ0n) is 8.82. The van der Waals surface area contributed by atoms with Crippen molar-refractivity contribution in [3.63, 3.8) is 0 Å². The number of rotatable bonds is 2. The third-order valence-electron chi connectivity index (χ3n) is 3.04. The van der Waals surface area contributed by atoms with Crippen LogP contribution in [0.15, 0.2) is 18.2 Å². The molecule has 0 bridgehead atoms. The molecule has 0 fully saturated rings. The number of carbonyl (C=O) groups excluding carboxylic acids is 1. The molecule has 0 heterocycles. The zero-order valence-corrected chi connectivity index (χ0v) is 8.82. The maximum atomic E-state index is 11.1. The van der Waals surface area contributed by atoms with E-state index >= 15 is 0 Å². The quantitative estimate of drug-likeness (QED) is 0.790. The van der Waals surface area contributed by atoms with Crippen molar-refractivity contribution in [3.05, 3.63) is 29.3 Å². The summed E-state index contributed by atoms with van der Waals surface area (Å²) in [6.07, 6.45) is 2.56. The standard InChI is InChI=1S/C12H15NO2/c1-15-11-5-4-8-2-3-9(12(13)14)6-10(8)7-11/h4-5,7,9H,2-3,6H2,1H3,(H2,13,14)/t9-/m1/s1. The van der Waals surface area contributed by atoms with E-state index in [2.05, 4.69) is 6.07 Å². The summed E-state index contributed by atoms with van der Waals surface area (Å²) in [6.45, 7) is 0. The summed E-state index contributed by atoms with van der Waals surface area (Å²) in [5, 5.41) is 0. The van der Waals surface area contributed by atoms with Crippen molar-refractivity contribution in [2.24, 2.45) is 11.7 Å². The van der Waals surface area contributed by atoms with Gasteiger partial charge in [-0.05, 0) is 42.5 Å². The number of fused-ring (bicyclic) bond motifs is 1. The maximum absolute atomic E-state index is 11.1. The number of hydrogen-bond donors (Lipinski definition) is 1. The lowest BCUT2D eigenvalue weighted by atomic mass is 9.83. The molecule has 15 heavy (non-hydrogen) atoms. The first-order valence-electron chi connectivity index (χ1n) is 5.16. The van der Waals surface area contributed by atoms with E-state index in [4.69, 9.17) is 10.5 Å². The van der Waals surface area contributed by atoms with E-state index in [1.165, 1.54) is 11.1 Å². The van der Waals surface area contributed by atoms with Crippen LogP contribution in [0, 0.1) is 5.92 Å². The number of benzene rings is 1. The number of primary amides is 1. The Morgan fingerprint density at radius 2 is 2.27 bits per heavy atom. The van der Waals surface area contributed by atoms with Crippen LogP contribution >= 0.6 is 0 Å². The van der Waals surface area contributed by atoms with Crippen molar-refractivity contribution in [1.29, 1.82) is 0 Å². The van der Waals surface area contributed by atoms with Crippen molar-refractivity contribution in [3.8, 4) is 5.75 Å². The molecule has 0 saturated heterocycles. The highest BCUT2D eigenvalue weighted by molar-refractivity contribution is 5.77. The van der Waals surface area contributed by atoms with E-state index in [9.17, 15) is 4.79 Å². The predicted molar refractivity (Wildman–Crippen MR) is 57.7 cm³/mol. The van der Waals surface area contributed by atoms with Crippen LogP contribution in [0.4, 0.5) is 0 Å². The molecule has 1 atom stereocenters. The van der Waals surface area contributed by atoms with Crippen LogP contribution in [0.3, 0.4) is 0 Å². The summed E-state index contributed by atoms with van der Waals surface area (Å²) in [5.41, 5.74) is 7.84. The van der Waals surface area contributed by atoms with Gasteiger partial charge in [0.05, 0.1) is 7.11 Å². The van der Waals surface area contributed by atoms with Gasteiger partial charge in [-0.25, -0.2) is 0 Å². The Hall–Kier alpha value is -1.51. The third kappa shape index (κ3) is 1.96. The molecule has 3 nitrogen and oxygen atoms in total. The van der Waals surface area contributed by atoms with Crippen LogP contribution in [0.2, 0.25) is 0 Å². The molecule has 0 saturated carbocycles. The van der Waals surface area contributed by atoms with Gasteiger partial charge >= 0.3 is 0 Å². The Morgan fingerprint density at radius 3 is 2.93 bits per heavy atom. The summed E-state index contributed by atoms with van der Waals surface area (Å²) < 4.78 is 5.16. The highest BCUT2D eigenvalue weighted by Gasteiger charge is 2.22. The summed E-state index contributed by atoms with van der Waals surface area (Å²) in [4.78, 5) is 11.1. The average molecular weight is 205 g/mol. The summed E-state index contributed by atoms with van der Waals surface area (Å²) in [5.74, 6) is 0.645. The van der Waals surface area contributed by atoms with Crippen molar-refractivity contribution in [1.82, 2.24) is 0 Å². The van der Waals surface area contributed by atoms with E-state index in [0.717, 1.165) is 25.0 Å². The minimum Gasteiger partial charge on any atom is -0.497 e. The smallest absolute Gasteiger partial charge is 0.220 e. The number of hydrogen-bond acceptors (Lipinski definition) is 2. The molecular formula is C12H15NO2. The minimum absolute atomic E-state index is 0.00962. The summed E-state index contributed by atoms with van der Waals surface area (Å²) in [6, 6.07) is 6.04. The van der Waals surface area contributed by atoms with Crippen LogP contribution in [0.5, 0.6) is 5.75 Å². The van der Waals surface area contributed by atoms with E-state index in [0.29, 0.717) is 0 Å². The molecule has 2 rings (SSSR count). The molecule has 0 unspecified atom stereocenters. The molecule has 1 aromatic rings. The van der Waals surface area contributed by atoms with E-state index in [1.54, 1.807) is 7.11 Å². The molecule has 1 aliphatic carbocycles. The highest BCUT2D eigenvalue weighted by Crippen LogP contribution is 2.28. The fourth-order valence-electron chi connectivity index (χ4n) is 2.10. The number of methoxy groups -OCH3 is 1.